The molecule has 0 fully saturated rings. The highest BCUT2D eigenvalue weighted by molar-refractivity contribution is 6.74. The Bertz CT molecular complexity index is 259. The summed E-state index contributed by atoms with van der Waals surface area (Å²) in [6.45, 7) is 17.6. The second-order valence-corrected chi connectivity index (χ2v) is 11.4. The van der Waals surface area contributed by atoms with Gasteiger partial charge in [-0.3, -0.25) is 0 Å². The van der Waals surface area contributed by atoms with Gasteiger partial charge in [0.2, 0.25) is 0 Å². The monoisotopic (exact) mass is 288 g/mol. The Kier molecular flexibility index (Phi) is 8.13. The highest BCUT2D eigenvalue weighted by atomic mass is 28.4. The van der Waals surface area contributed by atoms with Crippen LogP contribution in [0.25, 0.3) is 0 Å². The molecular formula is C15H32O3Si. The number of hydrogen-bond donors (Lipinski definition) is 0. The molecule has 0 aromatic heterocycles. The third-order valence-corrected chi connectivity index (χ3v) is 8.35. The first-order chi connectivity index (χ1) is 8.64. The molecule has 0 heterocycles. The smallest absolute Gasteiger partial charge is 0.192 e. The molecule has 19 heavy (non-hydrogen) atoms. The summed E-state index contributed by atoms with van der Waals surface area (Å²) in [4.78, 5) is 0. The summed E-state index contributed by atoms with van der Waals surface area (Å²) >= 11 is 0. The first-order valence-corrected chi connectivity index (χ1v) is 9.94. The van der Waals surface area contributed by atoms with Gasteiger partial charge in [0.15, 0.2) is 8.32 Å². The second kappa shape index (κ2) is 8.20. The number of rotatable bonds is 9. The highest BCUT2D eigenvalue weighted by Gasteiger charge is 2.38. The van der Waals surface area contributed by atoms with Crippen molar-refractivity contribution in [3.05, 3.63) is 12.7 Å². The third kappa shape index (κ3) is 7.25. The van der Waals surface area contributed by atoms with E-state index in [1.807, 2.05) is 6.08 Å². The quantitative estimate of drug-likeness (QED) is 0.358. The van der Waals surface area contributed by atoms with Gasteiger partial charge in [0.05, 0.1) is 6.10 Å². The molecule has 114 valence electrons. The fraction of sp³-hybridized carbons (Fsp3) is 0.867. The largest absolute Gasteiger partial charge is 0.414 e. The van der Waals surface area contributed by atoms with E-state index in [1.54, 1.807) is 7.11 Å². The molecule has 0 aliphatic carbocycles. The van der Waals surface area contributed by atoms with Crippen molar-refractivity contribution in [2.24, 2.45) is 0 Å². The SMILES string of the molecule is C=CC[C@@H](C[C@@H](C)O[Si](C)(C)C(C)(C)C)OCOC. The molecule has 0 N–H and O–H groups in total. The van der Waals surface area contributed by atoms with E-state index in [4.69, 9.17) is 13.9 Å². The minimum Gasteiger partial charge on any atom is -0.414 e. The van der Waals surface area contributed by atoms with E-state index < -0.39 is 8.32 Å². The van der Waals surface area contributed by atoms with Crippen LogP contribution in [0.15, 0.2) is 12.7 Å². The Morgan fingerprint density at radius 2 is 1.84 bits per heavy atom. The molecule has 0 aromatic rings. The van der Waals surface area contributed by atoms with E-state index in [9.17, 15) is 0 Å². The van der Waals surface area contributed by atoms with Crippen molar-refractivity contribution in [3.8, 4) is 0 Å². The van der Waals surface area contributed by atoms with Crippen LogP contribution in [-0.4, -0.2) is 34.4 Å². The van der Waals surface area contributed by atoms with Crippen LogP contribution in [0.5, 0.6) is 0 Å². The minimum absolute atomic E-state index is 0.122. The van der Waals surface area contributed by atoms with Gasteiger partial charge in [-0.25, -0.2) is 0 Å². The zero-order chi connectivity index (χ0) is 15.1. The number of ether oxygens (including phenoxy) is 2. The van der Waals surface area contributed by atoms with Crippen LogP contribution in [-0.2, 0) is 13.9 Å². The average Bonchev–Trinajstić information content (AvgIpc) is 2.23. The maximum absolute atomic E-state index is 6.34. The van der Waals surface area contributed by atoms with Crippen LogP contribution in [0.3, 0.4) is 0 Å². The van der Waals surface area contributed by atoms with E-state index in [2.05, 4.69) is 47.4 Å². The van der Waals surface area contributed by atoms with Crippen molar-refractivity contribution in [3.63, 3.8) is 0 Å². The molecule has 0 bridgehead atoms. The van der Waals surface area contributed by atoms with Crippen LogP contribution in [0, 0.1) is 0 Å². The van der Waals surface area contributed by atoms with E-state index >= 15 is 0 Å². The molecule has 4 heteroatoms. The maximum atomic E-state index is 6.34. The Morgan fingerprint density at radius 1 is 1.26 bits per heavy atom. The van der Waals surface area contributed by atoms with Gasteiger partial charge >= 0.3 is 0 Å². The first-order valence-electron chi connectivity index (χ1n) is 7.03. The lowest BCUT2D eigenvalue weighted by molar-refractivity contribution is -0.0807. The number of methoxy groups -OCH3 is 1. The van der Waals surface area contributed by atoms with E-state index in [-0.39, 0.29) is 17.2 Å². The molecule has 0 saturated heterocycles. The lowest BCUT2D eigenvalue weighted by Gasteiger charge is -2.39. The second-order valence-electron chi connectivity index (χ2n) is 6.64. The third-order valence-electron chi connectivity index (χ3n) is 3.75. The lowest BCUT2D eigenvalue weighted by atomic mass is 10.1. The Labute approximate surface area is 120 Å². The van der Waals surface area contributed by atoms with Crippen LogP contribution in [0.1, 0.15) is 40.5 Å². The van der Waals surface area contributed by atoms with Crippen molar-refractivity contribution in [1.82, 2.24) is 0 Å². The molecular weight excluding hydrogens is 256 g/mol. The summed E-state index contributed by atoms with van der Waals surface area (Å²) in [5, 5.41) is 0.239. The van der Waals surface area contributed by atoms with Gasteiger partial charge in [0.1, 0.15) is 6.79 Å². The Morgan fingerprint density at radius 3 is 2.26 bits per heavy atom. The summed E-state index contributed by atoms with van der Waals surface area (Å²) in [6.07, 6.45) is 3.91. The van der Waals surface area contributed by atoms with Crippen molar-refractivity contribution >= 4 is 8.32 Å². The van der Waals surface area contributed by atoms with Gasteiger partial charge in [-0.15, -0.1) is 6.58 Å². The van der Waals surface area contributed by atoms with Gasteiger partial charge in [-0.05, 0) is 37.9 Å². The van der Waals surface area contributed by atoms with Gasteiger partial charge < -0.3 is 13.9 Å². The zero-order valence-electron chi connectivity index (χ0n) is 13.8. The fourth-order valence-corrected chi connectivity index (χ4v) is 3.14. The molecule has 0 aromatic carbocycles. The van der Waals surface area contributed by atoms with Crippen LogP contribution in [0.2, 0.25) is 18.1 Å². The maximum Gasteiger partial charge on any atom is 0.192 e. The zero-order valence-corrected chi connectivity index (χ0v) is 14.8. The van der Waals surface area contributed by atoms with Gasteiger partial charge in [-0.1, -0.05) is 26.8 Å². The van der Waals surface area contributed by atoms with Gasteiger partial charge in [0, 0.05) is 13.2 Å². The Balaban J connectivity index is 4.40. The number of hydrogen-bond acceptors (Lipinski definition) is 3. The lowest BCUT2D eigenvalue weighted by Crippen LogP contribution is -2.44. The van der Waals surface area contributed by atoms with Crippen molar-refractivity contribution in [2.45, 2.75) is 70.9 Å². The van der Waals surface area contributed by atoms with Crippen molar-refractivity contribution < 1.29 is 13.9 Å². The molecule has 0 unspecified atom stereocenters. The van der Waals surface area contributed by atoms with Crippen LogP contribution >= 0.6 is 0 Å². The molecule has 0 amide bonds. The first kappa shape index (κ1) is 18.8. The summed E-state index contributed by atoms with van der Waals surface area (Å²) in [7, 11) is -0.0622. The summed E-state index contributed by atoms with van der Waals surface area (Å²) in [6, 6.07) is 0. The predicted octanol–water partition coefficient (Wildman–Crippen LogP) is 4.35. The van der Waals surface area contributed by atoms with Crippen LogP contribution in [0.4, 0.5) is 0 Å². The highest BCUT2D eigenvalue weighted by Crippen LogP contribution is 2.37. The molecule has 0 spiro atoms. The predicted molar refractivity (Wildman–Crippen MR) is 83.9 cm³/mol. The van der Waals surface area contributed by atoms with Gasteiger partial charge in [0.25, 0.3) is 0 Å². The normalized spacial score (nSPS) is 16.2. The van der Waals surface area contributed by atoms with Crippen molar-refractivity contribution in [1.29, 1.82) is 0 Å². The van der Waals surface area contributed by atoms with Gasteiger partial charge in [-0.2, -0.15) is 0 Å². The molecule has 0 radical (unpaired) electrons. The molecule has 0 saturated carbocycles. The molecule has 3 nitrogen and oxygen atoms in total. The average molecular weight is 289 g/mol. The minimum atomic E-state index is -1.70. The summed E-state index contributed by atoms with van der Waals surface area (Å²) < 4.78 is 17.0. The molecule has 0 aliphatic heterocycles. The Hall–Kier alpha value is -0.163. The molecule has 0 aliphatic rings. The van der Waals surface area contributed by atoms with E-state index in [0.29, 0.717) is 6.79 Å². The standard InChI is InChI=1S/C15H32O3Si/c1-9-10-14(17-12-16-6)11-13(2)18-19(7,8)15(3,4)5/h9,13-14H,1,10-12H2,2-8H3/t13-,14+/m1/s1. The summed E-state index contributed by atoms with van der Waals surface area (Å²) in [5.41, 5.74) is 0. The van der Waals surface area contributed by atoms with Crippen LogP contribution < -0.4 is 0 Å². The topological polar surface area (TPSA) is 27.7 Å². The van der Waals surface area contributed by atoms with E-state index in [1.165, 1.54) is 0 Å². The van der Waals surface area contributed by atoms with Crippen molar-refractivity contribution in [2.75, 3.05) is 13.9 Å². The summed E-state index contributed by atoms with van der Waals surface area (Å²) in [5.74, 6) is 0. The van der Waals surface area contributed by atoms with E-state index in [0.717, 1.165) is 12.8 Å². The molecule has 0 rings (SSSR count). The fourth-order valence-electron chi connectivity index (χ4n) is 1.68. The molecule has 2 atom stereocenters.